The third-order valence-electron chi connectivity index (χ3n) is 4.09. The first kappa shape index (κ1) is 15.3. The van der Waals surface area contributed by atoms with E-state index in [0.29, 0.717) is 6.04 Å². The van der Waals surface area contributed by atoms with Gasteiger partial charge in [0, 0.05) is 37.1 Å². The standard InChI is InChI=1S/C14H23BrClN3/c1-11-13(14(16)18(2)17-11)10-19(9-8-15)12-6-4-3-5-7-12/h12H,3-10H2,1-2H3. The van der Waals surface area contributed by atoms with Crippen LogP contribution in [0.1, 0.15) is 43.4 Å². The predicted octanol–water partition coefficient (Wildman–Crippen LogP) is 3.91. The van der Waals surface area contributed by atoms with Crippen LogP contribution >= 0.6 is 27.5 Å². The van der Waals surface area contributed by atoms with Gasteiger partial charge in [-0.3, -0.25) is 9.58 Å². The molecule has 1 saturated carbocycles. The minimum absolute atomic E-state index is 0.710. The number of hydrogen-bond acceptors (Lipinski definition) is 2. The van der Waals surface area contributed by atoms with Gasteiger partial charge in [0.1, 0.15) is 5.15 Å². The molecule has 0 saturated heterocycles. The van der Waals surface area contributed by atoms with E-state index in [1.54, 1.807) is 4.68 Å². The summed E-state index contributed by atoms with van der Waals surface area (Å²) in [7, 11) is 1.91. The Hall–Kier alpha value is -0.0600. The lowest BCUT2D eigenvalue weighted by Gasteiger charge is -2.34. The van der Waals surface area contributed by atoms with Crippen molar-refractivity contribution in [1.82, 2.24) is 14.7 Å². The fourth-order valence-electron chi connectivity index (χ4n) is 3.00. The van der Waals surface area contributed by atoms with Crippen molar-refractivity contribution in [3.8, 4) is 0 Å². The van der Waals surface area contributed by atoms with Crippen molar-refractivity contribution in [2.24, 2.45) is 7.05 Å². The Balaban J connectivity index is 2.11. The van der Waals surface area contributed by atoms with E-state index >= 15 is 0 Å². The number of halogens is 2. The fraction of sp³-hybridized carbons (Fsp3) is 0.786. The van der Waals surface area contributed by atoms with E-state index in [9.17, 15) is 0 Å². The van der Waals surface area contributed by atoms with Crippen LogP contribution in [0.3, 0.4) is 0 Å². The number of nitrogens with zero attached hydrogens (tertiary/aromatic N) is 3. The van der Waals surface area contributed by atoms with Crippen LogP contribution in [0, 0.1) is 6.92 Å². The van der Waals surface area contributed by atoms with Gasteiger partial charge in [0.25, 0.3) is 0 Å². The molecule has 0 bridgehead atoms. The molecule has 0 amide bonds. The fourth-order valence-corrected chi connectivity index (χ4v) is 3.69. The van der Waals surface area contributed by atoms with Crippen LogP contribution in [0.2, 0.25) is 5.15 Å². The summed E-state index contributed by atoms with van der Waals surface area (Å²) >= 11 is 9.94. The first-order valence-corrected chi connectivity index (χ1v) is 8.61. The van der Waals surface area contributed by atoms with E-state index in [2.05, 4.69) is 25.9 Å². The molecule has 1 aromatic heterocycles. The largest absolute Gasteiger partial charge is 0.295 e. The first-order chi connectivity index (χ1) is 9.13. The summed E-state index contributed by atoms with van der Waals surface area (Å²) in [5, 5.41) is 6.21. The molecule has 1 aromatic rings. The molecule has 19 heavy (non-hydrogen) atoms. The van der Waals surface area contributed by atoms with Crippen LogP contribution < -0.4 is 0 Å². The van der Waals surface area contributed by atoms with Crippen molar-refractivity contribution in [3.63, 3.8) is 0 Å². The number of hydrogen-bond donors (Lipinski definition) is 0. The number of alkyl halides is 1. The second-order valence-corrected chi connectivity index (χ2v) is 6.58. The SMILES string of the molecule is Cc1nn(C)c(Cl)c1CN(CCBr)C1CCCCC1. The molecule has 0 radical (unpaired) electrons. The minimum Gasteiger partial charge on any atom is -0.295 e. The molecule has 0 aliphatic heterocycles. The molecule has 0 N–H and O–H groups in total. The van der Waals surface area contributed by atoms with Gasteiger partial charge in [-0.1, -0.05) is 46.8 Å². The van der Waals surface area contributed by atoms with E-state index in [4.69, 9.17) is 11.6 Å². The average Bonchev–Trinajstić information content (AvgIpc) is 2.65. The molecule has 2 rings (SSSR count). The van der Waals surface area contributed by atoms with E-state index < -0.39 is 0 Å². The zero-order chi connectivity index (χ0) is 13.8. The lowest BCUT2D eigenvalue weighted by atomic mass is 9.94. The highest BCUT2D eigenvalue weighted by atomic mass is 79.9. The number of aromatic nitrogens is 2. The highest BCUT2D eigenvalue weighted by Crippen LogP contribution is 2.27. The topological polar surface area (TPSA) is 21.1 Å². The van der Waals surface area contributed by atoms with Gasteiger partial charge in [0.05, 0.1) is 5.69 Å². The average molecular weight is 349 g/mol. The van der Waals surface area contributed by atoms with Crippen LogP contribution in [0.4, 0.5) is 0 Å². The second kappa shape index (κ2) is 7.09. The zero-order valence-corrected chi connectivity index (χ0v) is 14.2. The van der Waals surface area contributed by atoms with Crippen molar-refractivity contribution < 1.29 is 0 Å². The van der Waals surface area contributed by atoms with Crippen molar-refractivity contribution in [2.45, 2.75) is 51.6 Å². The summed E-state index contributed by atoms with van der Waals surface area (Å²) in [6.07, 6.45) is 6.77. The molecule has 1 fully saturated rings. The lowest BCUT2D eigenvalue weighted by molar-refractivity contribution is 0.157. The Labute approximate surface area is 129 Å². The quantitative estimate of drug-likeness (QED) is 0.752. The molecule has 0 aromatic carbocycles. The zero-order valence-electron chi connectivity index (χ0n) is 11.8. The molecule has 1 aliphatic rings. The summed E-state index contributed by atoms with van der Waals surface area (Å²) in [5.74, 6) is 0. The van der Waals surface area contributed by atoms with Gasteiger partial charge >= 0.3 is 0 Å². The van der Waals surface area contributed by atoms with Gasteiger partial charge in [-0.15, -0.1) is 0 Å². The van der Waals surface area contributed by atoms with E-state index in [1.165, 1.54) is 37.7 Å². The summed E-state index contributed by atoms with van der Waals surface area (Å²) in [5.41, 5.74) is 2.25. The third-order valence-corrected chi connectivity index (χ3v) is 4.92. The molecule has 0 atom stereocenters. The number of aryl methyl sites for hydroxylation is 2. The van der Waals surface area contributed by atoms with Crippen LogP contribution in [-0.4, -0.2) is 32.6 Å². The van der Waals surface area contributed by atoms with Crippen molar-refractivity contribution in [3.05, 3.63) is 16.4 Å². The lowest BCUT2D eigenvalue weighted by Crippen LogP contribution is -2.37. The Morgan fingerprint density at radius 1 is 1.37 bits per heavy atom. The highest BCUT2D eigenvalue weighted by Gasteiger charge is 2.23. The van der Waals surface area contributed by atoms with Gasteiger partial charge in [-0.2, -0.15) is 5.10 Å². The summed E-state index contributed by atoms with van der Waals surface area (Å²) in [6.45, 7) is 4.05. The maximum Gasteiger partial charge on any atom is 0.131 e. The Kier molecular flexibility index (Phi) is 5.72. The highest BCUT2D eigenvalue weighted by molar-refractivity contribution is 9.09. The maximum atomic E-state index is 6.36. The van der Waals surface area contributed by atoms with E-state index in [-0.39, 0.29) is 0 Å². The summed E-state index contributed by atoms with van der Waals surface area (Å²) in [4.78, 5) is 2.57. The van der Waals surface area contributed by atoms with Gasteiger partial charge in [0.2, 0.25) is 0 Å². The third kappa shape index (κ3) is 3.73. The molecule has 1 heterocycles. The van der Waals surface area contributed by atoms with Crippen molar-refractivity contribution >= 4 is 27.5 Å². The van der Waals surface area contributed by atoms with E-state index in [1.807, 2.05) is 14.0 Å². The Morgan fingerprint density at radius 2 is 2.05 bits per heavy atom. The molecular weight excluding hydrogens is 326 g/mol. The molecule has 0 unspecified atom stereocenters. The molecule has 1 aliphatic carbocycles. The molecule has 3 nitrogen and oxygen atoms in total. The molecule has 108 valence electrons. The smallest absolute Gasteiger partial charge is 0.131 e. The Morgan fingerprint density at radius 3 is 2.58 bits per heavy atom. The van der Waals surface area contributed by atoms with Crippen molar-refractivity contribution in [2.75, 3.05) is 11.9 Å². The molecule has 5 heteroatoms. The van der Waals surface area contributed by atoms with Crippen LogP contribution in [0.25, 0.3) is 0 Å². The van der Waals surface area contributed by atoms with Gasteiger partial charge in [-0.05, 0) is 19.8 Å². The maximum absolute atomic E-state index is 6.36. The van der Waals surface area contributed by atoms with Crippen LogP contribution in [0.5, 0.6) is 0 Å². The first-order valence-electron chi connectivity index (χ1n) is 7.11. The van der Waals surface area contributed by atoms with Gasteiger partial charge in [-0.25, -0.2) is 0 Å². The van der Waals surface area contributed by atoms with Crippen molar-refractivity contribution in [1.29, 1.82) is 0 Å². The number of rotatable bonds is 5. The molecule has 0 spiro atoms. The second-order valence-electron chi connectivity index (χ2n) is 5.43. The molecular formula is C14H23BrClN3. The summed E-state index contributed by atoms with van der Waals surface area (Å²) < 4.78 is 1.78. The predicted molar refractivity (Wildman–Crippen MR) is 84.0 cm³/mol. The minimum atomic E-state index is 0.710. The van der Waals surface area contributed by atoms with E-state index in [0.717, 1.165) is 29.3 Å². The monoisotopic (exact) mass is 347 g/mol. The van der Waals surface area contributed by atoms with Gasteiger partial charge in [0.15, 0.2) is 0 Å². The van der Waals surface area contributed by atoms with Gasteiger partial charge < -0.3 is 0 Å². The normalized spacial score (nSPS) is 17.3. The summed E-state index contributed by atoms with van der Waals surface area (Å²) in [6, 6.07) is 0.710. The Bertz CT molecular complexity index is 413. The van der Waals surface area contributed by atoms with Crippen LogP contribution in [-0.2, 0) is 13.6 Å². The van der Waals surface area contributed by atoms with Crippen LogP contribution in [0.15, 0.2) is 0 Å².